The van der Waals surface area contributed by atoms with Gasteiger partial charge >= 0.3 is 0 Å². The molecule has 0 spiro atoms. The number of nitrogens with one attached hydrogen (secondary N) is 1. The molecule has 1 amide bonds. The Bertz CT molecular complexity index is 982. The van der Waals surface area contributed by atoms with Crippen molar-refractivity contribution in [2.24, 2.45) is 11.8 Å². The van der Waals surface area contributed by atoms with Crippen LogP contribution in [0.4, 0.5) is 5.00 Å². The minimum Gasteiger partial charge on any atom is -0.312 e. The third-order valence-electron chi connectivity index (χ3n) is 4.58. The number of amides is 1. The zero-order valence-electron chi connectivity index (χ0n) is 15.2. The van der Waals surface area contributed by atoms with Gasteiger partial charge < -0.3 is 5.32 Å². The summed E-state index contributed by atoms with van der Waals surface area (Å²) in [5, 5.41) is 13.9. The summed E-state index contributed by atoms with van der Waals surface area (Å²) in [6, 6.07) is 9.68. The van der Waals surface area contributed by atoms with E-state index in [9.17, 15) is 13.2 Å². The van der Waals surface area contributed by atoms with Gasteiger partial charge in [-0.25, -0.2) is 8.42 Å². The lowest BCUT2D eigenvalue weighted by Gasteiger charge is -2.34. The summed E-state index contributed by atoms with van der Waals surface area (Å²) in [5.41, 5.74) is 0.625. The van der Waals surface area contributed by atoms with E-state index < -0.39 is 15.9 Å². The van der Waals surface area contributed by atoms with Crippen LogP contribution in [-0.2, 0) is 10.0 Å². The van der Waals surface area contributed by atoms with Crippen LogP contribution < -0.4 is 5.32 Å². The SMILES string of the molecule is C[C@H]1C[C@H](C)CN(S(=O)(=O)c2cccc(C(=O)Nc3sccc3C#N)c2)C1. The Morgan fingerprint density at radius 3 is 2.63 bits per heavy atom. The third kappa shape index (κ3) is 4.21. The first-order chi connectivity index (χ1) is 12.8. The molecule has 0 saturated carbocycles. The second-order valence-electron chi connectivity index (χ2n) is 7.03. The monoisotopic (exact) mass is 403 g/mol. The van der Waals surface area contributed by atoms with Gasteiger partial charge in [0.25, 0.3) is 5.91 Å². The van der Waals surface area contributed by atoms with Gasteiger partial charge in [0.05, 0.1) is 10.5 Å². The van der Waals surface area contributed by atoms with Gasteiger partial charge in [-0.05, 0) is 47.9 Å². The molecule has 1 aliphatic rings. The van der Waals surface area contributed by atoms with Crippen molar-refractivity contribution in [1.29, 1.82) is 5.26 Å². The van der Waals surface area contributed by atoms with E-state index in [1.165, 1.54) is 27.8 Å². The quantitative estimate of drug-likeness (QED) is 0.845. The number of sulfonamides is 1. The van der Waals surface area contributed by atoms with Gasteiger partial charge in [-0.15, -0.1) is 11.3 Å². The number of nitriles is 1. The first-order valence-corrected chi connectivity index (χ1v) is 11.0. The molecule has 142 valence electrons. The van der Waals surface area contributed by atoms with E-state index in [-0.39, 0.29) is 10.5 Å². The maximum absolute atomic E-state index is 13.0. The number of anilines is 1. The van der Waals surface area contributed by atoms with E-state index in [4.69, 9.17) is 5.26 Å². The van der Waals surface area contributed by atoms with E-state index in [1.807, 2.05) is 6.07 Å². The summed E-state index contributed by atoms with van der Waals surface area (Å²) >= 11 is 1.25. The number of hydrogen-bond donors (Lipinski definition) is 1. The molecule has 1 aromatic carbocycles. The number of nitrogens with zero attached hydrogens (tertiary/aromatic N) is 2. The van der Waals surface area contributed by atoms with Gasteiger partial charge in [0.15, 0.2) is 0 Å². The number of hydrogen-bond acceptors (Lipinski definition) is 5. The van der Waals surface area contributed by atoms with Crippen molar-refractivity contribution in [3.63, 3.8) is 0 Å². The van der Waals surface area contributed by atoms with Gasteiger partial charge in [-0.3, -0.25) is 4.79 Å². The topological polar surface area (TPSA) is 90.3 Å². The number of benzene rings is 1. The van der Waals surface area contributed by atoms with E-state index in [0.717, 1.165) is 6.42 Å². The van der Waals surface area contributed by atoms with Gasteiger partial charge in [0.2, 0.25) is 10.0 Å². The molecule has 1 aromatic heterocycles. The lowest BCUT2D eigenvalue weighted by Crippen LogP contribution is -2.42. The van der Waals surface area contributed by atoms with Crippen LogP contribution in [0.1, 0.15) is 36.2 Å². The fourth-order valence-electron chi connectivity index (χ4n) is 3.42. The van der Waals surface area contributed by atoms with Crippen LogP contribution in [-0.4, -0.2) is 31.7 Å². The molecular formula is C19H21N3O3S2. The Balaban J connectivity index is 1.84. The van der Waals surface area contributed by atoms with Crippen LogP contribution in [0.25, 0.3) is 0 Å². The largest absolute Gasteiger partial charge is 0.312 e. The Kier molecular flexibility index (Phi) is 5.65. The van der Waals surface area contributed by atoms with Crippen molar-refractivity contribution in [1.82, 2.24) is 4.31 Å². The van der Waals surface area contributed by atoms with Crippen molar-refractivity contribution in [3.8, 4) is 6.07 Å². The molecule has 0 unspecified atom stereocenters. The van der Waals surface area contributed by atoms with Crippen molar-refractivity contribution in [3.05, 3.63) is 46.8 Å². The summed E-state index contributed by atoms with van der Waals surface area (Å²) in [6.07, 6.45) is 1.01. The standard InChI is InChI=1S/C19H21N3O3S2/c1-13-8-14(2)12-22(11-13)27(24,25)17-5-3-4-15(9-17)18(23)21-19-16(10-20)6-7-26-19/h3-7,9,13-14H,8,11-12H2,1-2H3,(H,21,23)/t13-,14-/m0/s1. The van der Waals surface area contributed by atoms with Crippen LogP contribution >= 0.6 is 11.3 Å². The summed E-state index contributed by atoms with van der Waals surface area (Å²) in [5.74, 6) is 0.169. The Morgan fingerprint density at radius 1 is 1.26 bits per heavy atom. The van der Waals surface area contributed by atoms with Crippen LogP contribution in [0.3, 0.4) is 0 Å². The summed E-state index contributed by atoms with van der Waals surface area (Å²) in [4.78, 5) is 12.6. The van der Waals surface area contributed by atoms with Crippen LogP contribution in [0.2, 0.25) is 0 Å². The van der Waals surface area contributed by atoms with Crippen molar-refractivity contribution in [2.45, 2.75) is 25.2 Å². The van der Waals surface area contributed by atoms with Gasteiger partial charge in [-0.1, -0.05) is 19.9 Å². The predicted molar refractivity (Wildman–Crippen MR) is 105 cm³/mol. The molecule has 1 N–H and O–H groups in total. The van der Waals surface area contributed by atoms with Crippen molar-refractivity contribution in [2.75, 3.05) is 18.4 Å². The normalized spacial score (nSPS) is 20.8. The van der Waals surface area contributed by atoms with Crippen molar-refractivity contribution < 1.29 is 13.2 Å². The number of thiophene rings is 1. The first-order valence-electron chi connectivity index (χ1n) is 8.70. The Hall–Kier alpha value is -2.21. The molecule has 0 bridgehead atoms. The minimum absolute atomic E-state index is 0.114. The van der Waals surface area contributed by atoms with Crippen molar-refractivity contribution >= 4 is 32.3 Å². The highest BCUT2D eigenvalue weighted by atomic mass is 32.2. The molecular weight excluding hydrogens is 382 g/mol. The van der Waals surface area contributed by atoms with E-state index in [2.05, 4.69) is 19.2 Å². The Labute approximate surface area is 163 Å². The summed E-state index contributed by atoms with van der Waals surface area (Å²) in [7, 11) is -3.66. The van der Waals surface area contributed by atoms with Gasteiger partial charge in [0, 0.05) is 18.7 Å². The van der Waals surface area contributed by atoms with E-state index in [0.29, 0.717) is 35.5 Å². The lowest BCUT2D eigenvalue weighted by molar-refractivity contribution is 0.102. The molecule has 0 aliphatic carbocycles. The average molecular weight is 404 g/mol. The number of piperidine rings is 1. The lowest BCUT2D eigenvalue weighted by atomic mass is 9.94. The highest BCUT2D eigenvalue weighted by molar-refractivity contribution is 7.89. The fourth-order valence-corrected chi connectivity index (χ4v) is 5.88. The van der Waals surface area contributed by atoms with E-state index >= 15 is 0 Å². The second-order valence-corrected chi connectivity index (χ2v) is 9.88. The van der Waals surface area contributed by atoms with Gasteiger partial charge in [-0.2, -0.15) is 9.57 Å². The average Bonchev–Trinajstić information content (AvgIpc) is 3.08. The maximum atomic E-state index is 13.0. The smallest absolute Gasteiger partial charge is 0.256 e. The maximum Gasteiger partial charge on any atom is 0.256 e. The molecule has 1 aliphatic heterocycles. The molecule has 3 rings (SSSR count). The molecule has 1 saturated heterocycles. The summed E-state index contributed by atoms with van der Waals surface area (Å²) in [6.45, 7) is 5.08. The number of rotatable bonds is 4. The molecule has 2 atom stereocenters. The molecule has 27 heavy (non-hydrogen) atoms. The zero-order valence-corrected chi connectivity index (χ0v) is 16.8. The third-order valence-corrected chi connectivity index (χ3v) is 7.24. The highest BCUT2D eigenvalue weighted by Gasteiger charge is 2.32. The molecule has 0 radical (unpaired) electrons. The molecule has 2 heterocycles. The number of carbonyl (C=O) groups excluding carboxylic acids is 1. The molecule has 2 aromatic rings. The van der Waals surface area contributed by atoms with Gasteiger partial charge in [0.1, 0.15) is 11.1 Å². The second kappa shape index (κ2) is 7.80. The first kappa shape index (κ1) is 19.5. The van der Waals surface area contributed by atoms with Crippen LogP contribution in [0.5, 0.6) is 0 Å². The highest BCUT2D eigenvalue weighted by Crippen LogP contribution is 2.27. The van der Waals surface area contributed by atoms with E-state index in [1.54, 1.807) is 23.6 Å². The fraction of sp³-hybridized carbons (Fsp3) is 0.368. The molecule has 6 nitrogen and oxygen atoms in total. The molecule has 8 heteroatoms. The summed E-state index contributed by atoms with van der Waals surface area (Å²) < 4.78 is 27.6. The minimum atomic E-state index is -3.66. The predicted octanol–water partition coefficient (Wildman–Crippen LogP) is 3.54. The Morgan fingerprint density at radius 2 is 1.96 bits per heavy atom. The number of carbonyl (C=O) groups is 1. The zero-order chi connectivity index (χ0) is 19.6. The molecule has 1 fully saturated rings. The van der Waals surface area contributed by atoms with Crippen LogP contribution in [0.15, 0.2) is 40.6 Å². The van der Waals surface area contributed by atoms with Crippen LogP contribution in [0, 0.1) is 23.2 Å².